The van der Waals surface area contributed by atoms with Gasteiger partial charge in [-0.25, -0.2) is 4.98 Å². The van der Waals surface area contributed by atoms with Crippen LogP contribution in [0.4, 0.5) is 5.13 Å². The Morgan fingerprint density at radius 1 is 1.41 bits per heavy atom. The summed E-state index contributed by atoms with van der Waals surface area (Å²) in [7, 11) is 1.64. The number of carbonyl (C=O) groups is 2. The first kappa shape index (κ1) is 19.8. The lowest BCUT2D eigenvalue weighted by Crippen LogP contribution is -2.29. The van der Waals surface area contributed by atoms with Gasteiger partial charge < -0.3 is 19.7 Å². The van der Waals surface area contributed by atoms with Crippen LogP contribution in [0, 0.1) is 5.92 Å². The summed E-state index contributed by atoms with van der Waals surface area (Å²) in [6, 6.07) is 6.08. The summed E-state index contributed by atoms with van der Waals surface area (Å²) in [5.41, 5.74) is 3.03. The molecule has 0 radical (unpaired) electrons. The topological polar surface area (TPSA) is 80.8 Å². The summed E-state index contributed by atoms with van der Waals surface area (Å²) in [4.78, 5) is 31.0. The van der Waals surface area contributed by atoms with E-state index in [1.807, 2.05) is 17.5 Å². The molecule has 1 aromatic carbocycles. The van der Waals surface area contributed by atoms with Gasteiger partial charge in [0.05, 0.1) is 11.6 Å². The zero-order valence-electron chi connectivity index (χ0n) is 16.6. The second kappa shape index (κ2) is 8.51. The number of methoxy groups -OCH3 is 1. The van der Waals surface area contributed by atoms with Crippen LogP contribution in [0.5, 0.6) is 5.75 Å². The molecule has 154 valence electrons. The number of ether oxygens (including phenoxy) is 2. The van der Waals surface area contributed by atoms with E-state index in [1.165, 1.54) is 16.9 Å². The smallest absolute Gasteiger partial charge is 0.231 e. The number of aromatic nitrogens is 1. The van der Waals surface area contributed by atoms with E-state index in [4.69, 9.17) is 9.47 Å². The van der Waals surface area contributed by atoms with E-state index in [1.54, 1.807) is 12.0 Å². The van der Waals surface area contributed by atoms with Gasteiger partial charge in [0.1, 0.15) is 11.9 Å². The molecule has 1 fully saturated rings. The first-order valence-corrected chi connectivity index (χ1v) is 10.7. The van der Waals surface area contributed by atoms with Crippen LogP contribution in [0.25, 0.3) is 11.3 Å². The molecule has 1 saturated heterocycles. The second-order valence-corrected chi connectivity index (χ2v) is 8.43. The highest BCUT2D eigenvalue weighted by molar-refractivity contribution is 7.14. The van der Waals surface area contributed by atoms with Crippen molar-refractivity contribution in [1.29, 1.82) is 0 Å². The minimum atomic E-state index is -0.337. The first-order valence-electron chi connectivity index (χ1n) is 9.86. The maximum Gasteiger partial charge on any atom is 0.231 e. The summed E-state index contributed by atoms with van der Waals surface area (Å²) < 4.78 is 10.8. The number of rotatable bonds is 7. The Morgan fingerprint density at radius 2 is 2.28 bits per heavy atom. The van der Waals surface area contributed by atoms with Gasteiger partial charge in [-0.05, 0) is 37.1 Å². The first-order chi connectivity index (χ1) is 14.0. The van der Waals surface area contributed by atoms with E-state index < -0.39 is 0 Å². The molecule has 2 atom stereocenters. The third kappa shape index (κ3) is 4.43. The van der Waals surface area contributed by atoms with E-state index in [-0.39, 0.29) is 30.3 Å². The lowest BCUT2D eigenvalue weighted by molar-refractivity contribution is -0.128. The number of nitrogens with one attached hydrogen (secondary N) is 1. The fraction of sp³-hybridized carbons (Fsp3) is 0.476. The number of amides is 2. The van der Waals surface area contributed by atoms with Gasteiger partial charge in [0.2, 0.25) is 11.8 Å². The van der Waals surface area contributed by atoms with Crippen LogP contribution >= 0.6 is 11.3 Å². The predicted octanol–water partition coefficient (Wildman–Crippen LogP) is 2.96. The Hall–Kier alpha value is -2.45. The second-order valence-electron chi connectivity index (χ2n) is 7.57. The molecule has 7 nitrogen and oxygen atoms in total. The number of anilines is 1. The number of hydrogen-bond donors (Lipinski definition) is 1. The zero-order chi connectivity index (χ0) is 20.4. The van der Waals surface area contributed by atoms with Crippen molar-refractivity contribution in [2.75, 3.05) is 32.1 Å². The SMILES string of the molecule is COCCCN1C[C@@H](C(=O)Nc2nc(-c3ccc4c(c3)C[C@H](C)O4)cs2)CC1=O. The van der Waals surface area contributed by atoms with Crippen LogP contribution in [0.3, 0.4) is 0 Å². The van der Waals surface area contributed by atoms with Crippen molar-refractivity contribution in [2.45, 2.75) is 32.3 Å². The van der Waals surface area contributed by atoms with Crippen molar-refractivity contribution in [3.05, 3.63) is 29.1 Å². The van der Waals surface area contributed by atoms with Gasteiger partial charge in [0.25, 0.3) is 0 Å². The zero-order valence-corrected chi connectivity index (χ0v) is 17.5. The average molecular weight is 416 g/mol. The molecule has 3 heterocycles. The molecule has 2 aliphatic rings. The molecule has 0 saturated carbocycles. The fourth-order valence-corrected chi connectivity index (χ4v) is 4.54. The van der Waals surface area contributed by atoms with Gasteiger partial charge >= 0.3 is 0 Å². The summed E-state index contributed by atoms with van der Waals surface area (Å²) in [6.45, 7) is 3.74. The Bertz CT molecular complexity index is 913. The molecule has 1 N–H and O–H groups in total. The average Bonchev–Trinajstić information content (AvgIpc) is 3.39. The Balaban J connectivity index is 1.36. The minimum absolute atomic E-state index is 0.0238. The normalized spacial score (nSPS) is 20.6. The molecule has 2 aliphatic heterocycles. The van der Waals surface area contributed by atoms with Crippen LogP contribution in [0.2, 0.25) is 0 Å². The fourth-order valence-electron chi connectivity index (χ4n) is 3.82. The summed E-state index contributed by atoms with van der Waals surface area (Å²) in [5, 5.41) is 5.38. The van der Waals surface area contributed by atoms with E-state index in [9.17, 15) is 9.59 Å². The van der Waals surface area contributed by atoms with Gasteiger partial charge in [-0.3, -0.25) is 9.59 Å². The Morgan fingerprint density at radius 3 is 3.10 bits per heavy atom. The number of nitrogens with zero attached hydrogens (tertiary/aromatic N) is 2. The van der Waals surface area contributed by atoms with E-state index in [0.717, 1.165) is 29.8 Å². The van der Waals surface area contributed by atoms with Gasteiger partial charge in [0.15, 0.2) is 5.13 Å². The van der Waals surface area contributed by atoms with Crippen LogP contribution in [0.1, 0.15) is 25.3 Å². The molecule has 0 spiro atoms. The summed E-state index contributed by atoms with van der Waals surface area (Å²) >= 11 is 1.39. The lowest BCUT2D eigenvalue weighted by atomic mass is 10.1. The third-order valence-electron chi connectivity index (χ3n) is 5.29. The monoisotopic (exact) mass is 415 g/mol. The number of hydrogen-bond acceptors (Lipinski definition) is 6. The largest absolute Gasteiger partial charge is 0.490 e. The van der Waals surface area contributed by atoms with Crippen molar-refractivity contribution in [3.63, 3.8) is 0 Å². The molecule has 0 unspecified atom stereocenters. The third-order valence-corrected chi connectivity index (χ3v) is 6.05. The summed E-state index contributed by atoms with van der Waals surface area (Å²) in [6.07, 6.45) is 2.12. The molecular weight excluding hydrogens is 390 g/mol. The number of carbonyl (C=O) groups excluding carboxylic acids is 2. The predicted molar refractivity (Wildman–Crippen MR) is 111 cm³/mol. The lowest BCUT2D eigenvalue weighted by Gasteiger charge is -2.15. The van der Waals surface area contributed by atoms with Crippen LogP contribution in [-0.2, 0) is 20.7 Å². The van der Waals surface area contributed by atoms with E-state index in [0.29, 0.717) is 24.8 Å². The van der Waals surface area contributed by atoms with Crippen molar-refractivity contribution < 1.29 is 19.1 Å². The highest BCUT2D eigenvalue weighted by Gasteiger charge is 2.34. The van der Waals surface area contributed by atoms with Crippen LogP contribution in [0.15, 0.2) is 23.6 Å². The number of likely N-dealkylation sites (tertiary alicyclic amines) is 1. The maximum absolute atomic E-state index is 12.6. The van der Waals surface area contributed by atoms with Gasteiger partial charge in [-0.2, -0.15) is 0 Å². The van der Waals surface area contributed by atoms with Crippen LogP contribution in [-0.4, -0.2) is 54.6 Å². The number of fused-ring (bicyclic) bond motifs is 1. The van der Waals surface area contributed by atoms with Crippen LogP contribution < -0.4 is 10.1 Å². The number of benzene rings is 1. The van der Waals surface area contributed by atoms with Gasteiger partial charge in [-0.1, -0.05) is 0 Å². The van der Waals surface area contributed by atoms with Crippen molar-refractivity contribution >= 4 is 28.3 Å². The molecule has 4 rings (SSSR count). The molecule has 0 bridgehead atoms. The molecule has 29 heavy (non-hydrogen) atoms. The van der Waals surface area contributed by atoms with Crippen molar-refractivity contribution in [1.82, 2.24) is 9.88 Å². The Kier molecular flexibility index (Phi) is 5.82. The van der Waals surface area contributed by atoms with Gasteiger partial charge in [0, 0.05) is 50.6 Å². The molecular formula is C21H25N3O4S. The highest BCUT2D eigenvalue weighted by Crippen LogP contribution is 2.34. The maximum atomic E-state index is 12.6. The van der Waals surface area contributed by atoms with E-state index >= 15 is 0 Å². The van der Waals surface area contributed by atoms with Gasteiger partial charge in [-0.15, -0.1) is 11.3 Å². The molecule has 8 heteroatoms. The standard InChI is InChI=1S/C21H25N3O4S/c1-13-8-15-9-14(4-5-18(15)28-13)17-12-29-21(22-17)23-20(26)16-10-19(25)24(11-16)6-3-7-27-2/h4-5,9,12-13,16H,3,6-8,10-11H2,1-2H3,(H,22,23,26)/t13-,16-/m0/s1. The van der Waals surface area contributed by atoms with E-state index in [2.05, 4.69) is 23.3 Å². The molecule has 2 amide bonds. The summed E-state index contributed by atoms with van der Waals surface area (Å²) in [5.74, 6) is 0.474. The highest BCUT2D eigenvalue weighted by atomic mass is 32.1. The minimum Gasteiger partial charge on any atom is -0.490 e. The molecule has 2 aromatic rings. The van der Waals surface area contributed by atoms with Crippen molar-refractivity contribution in [3.8, 4) is 17.0 Å². The molecule has 0 aliphatic carbocycles. The quantitative estimate of drug-likeness (QED) is 0.703. The van der Waals surface area contributed by atoms with Crippen molar-refractivity contribution in [2.24, 2.45) is 5.92 Å². The molecule has 1 aromatic heterocycles. The number of thiazole rings is 1. The Labute approximate surface area is 174 Å².